The highest BCUT2D eigenvalue weighted by molar-refractivity contribution is 5.76. The van der Waals surface area contributed by atoms with Gasteiger partial charge in [-0.15, -0.1) is 0 Å². The highest BCUT2D eigenvalue weighted by Crippen LogP contribution is 2.23. The van der Waals surface area contributed by atoms with Crippen LogP contribution in [0.4, 0.5) is 0 Å². The van der Waals surface area contributed by atoms with Crippen molar-refractivity contribution in [3.05, 3.63) is 146 Å². The predicted molar refractivity (Wildman–Crippen MR) is 350 cm³/mol. The number of nitrogens with one attached hydrogen (secondary N) is 1. The van der Waals surface area contributed by atoms with E-state index in [1.54, 1.807) is 6.08 Å². The number of carbonyl (C=O) groups excluding carboxylic acids is 1. The maximum Gasteiger partial charge on any atom is 0.220 e. The van der Waals surface area contributed by atoms with Gasteiger partial charge in [0.15, 0.2) is 6.29 Å². The summed E-state index contributed by atoms with van der Waals surface area (Å²) in [7, 11) is 0. The van der Waals surface area contributed by atoms with E-state index in [9.17, 15) is 30.3 Å². The van der Waals surface area contributed by atoms with Crippen LogP contribution in [0.25, 0.3) is 0 Å². The van der Waals surface area contributed by atoms with Gasteiger partial charge >= 0.3 is 0 Å². The molecule has 0 radical (unpaired) electrons. The molecule has 0 spiro atoms. The fourth-order valence-electron chi connectivity index (χ4n) is 9.48. The minimum atomic E-state index is -1.59. The predicted octanol–water partition coefficient (Wildman–Crippen LogP) is 17.8. The molecule has 7 atom stereocenters. The van der Waals surface area contributed by atoms with Crippen molar-refractivity contribution >= 4 is 5.91 Å². The lowest BCUT2D eigenvalue weighted by Crippen LogP contribution is -2.60. The van der Waals surface area contributed by atoms with E-state index in [0.29, 0.717) is 12.8 Å². The third-order valence-electron chi connectivity index (χ3n) is 14.6. The normalized spacial score (nSPS) is 19.3. The summed E-state index contributed by atoms with van der Waals surface area (Å²) in [6.07, 6.45) is 86.5. The summed E-state index contributed by atoms with van der Waals surface area (Å²) in [5, 5.41) is 54.6. The molecule has 1 rings (SSSR count). The van der Waals surface area contributed by atoms with Crippen LogP contribution < -0.4 is 5.32 Å². The van der Waals surface area contributed by atoms with Gasteiger partial charge in [0, 0.05) is 6.42 Å². The molecule has 0 saturated carbocycles. The monoisotopic (exact) mass is 1140 g/mol. The Morgan fingerprint density at radius 3 is 1.17 bits per heavy atom. The number of carbonyl (C=O) groups is 1. The molecule has 0 aromatic rings. The van der Waals surface area contributed by atoms with Crippen molar-refractivity contribution in [1.29, 1.82) is 0 Å². The van der Waals surface area contributed by atoms with Gasteiger partial charge in [0.25, 0.3) is 0 Å². The van der Waals surface area contributed by atoms with Crippen LogP contribution >= 0.6 is 0 Å². The Hall–Kier alpha value is -3.93. The van der Waals surface area contributed by atoms with Crippen LogP contribution in [-0.4, -0.2) is 87.5 Å². The van der Waals surface area contributed by atoms with Gasteiger partial charge < -0.3 is 40.3 Å². The largest absolute Gasteiger partial charge is 0.394 e. The fraction of sp³-hybridized carbons (Fsp3) is 0.658. The van der Waals surface area contributed by atoms with Crippen LogP contribution in [0.1, 0.15) is 251 Å². The number of hydrogen-bond donors (Lipinski definition) is 6. The molecule has 82 heavy (non-hydrogen) atoms. The third-order valence-corrected chi connectivity index (χ3v) is 14.6. The topological polar surface area (TPSA) is 149 Å². The first-order valence-corrected chi connectivity index (χ1v) is 33.1. The SMILES string of the molecule is CC/C=C\C/C=C\C/C=C\C/C=C\C/C=C\C/C=C\C/C=C\C/C=C\C/C=C\CCCCCC(=O)NC(COC1OC(CO)C(O)C(O)C1O)C(O)/C=C/CC/C=C/CC/C=C/CCCCCCCCCCCCCCCCCCCC. The Kier molecular flexibility index (Phi) is 55.9. The van der Waals surface area contributed by atoms with Crippen molar-refractivity contribution in [2.75, 3.05) is 13.2 Å². The van der Waals surface area contributed by atoms with E-state index in [-0.39, 0.29) is 18.9 Å². The highest BCUT2D eigenvalue weighted by Gasteiger charge is 2.44. The molecule has 1 aliphatic rings. The molecule has 1 saturated heterocycles. The summed E-state index contributed by atoms with van der Waals surface area (Å²) in [6, 6.07) is -0.860. The number of amides is 1. The Morgan fingerprint density at radius 2 is 0.768 bits per heavy atom. The molecule has 9 nitrogen and oxygen atoms in total. The zero-order valence-electron chi connectivity index (χ0n) is 51.9. The number of ether oxygens (including phenoxy) is 2. The average Bonchev–Trinajstić information content (AvgIpc) is 3.52. The van der Waals surface area contributed by atoms with Crippen molar-refractivity contribution in [3.63, 3.8) is 0 Å². The first kappa shape index (κ1) is 76.1. The Morgan fingerprint density at radius 1 is 0.427 bits per heavy atom. The molecule has 0 aromatic carbocycles. The van der Waals surface area contributed by atoms with Gasteiger partial charge in [0.1, 0.15) is 24.4 Å². The van der Waals surface area contributed by atoms with E-state index in [0.717, 1.165) is 103 Å². The van der Waals surface area contributed by atoms with E-state index in [1.807, 2.05) is 6.08 Å². The molecule has 1 amide bonds. The van der Waals surface area contributed by atoms with Crippen LogP contribution in [-0.2, 0) is 14.3 Å². The minimum absolute atomic E-state index is 0.227. The van der Waals surface area contributed by atoms with Gasteiger partial charge in [-0.2, -0.15) is 0 Å². The number of allylic oxidation sites excluding steroid dienone is 23. The summed E-state index contributed by atoms with van der Waals surface area (Å²) >= 11 is 0. The number of aliphatic hydroxyl groups is 5. The molecule has 466 valence electrons. The van der Waals surface area contributed by atoms with Crippen molar-refractivity contribution in [1.82, 2.24) is 5.32 Å². The Balaban J connectivity index is 2.27. The standard InChI is InChI=1S/C73H121NO8/c1-3-5-7-9-11-13-15-17-19-21-23-25-27-29-31-33-34-35-37-39-41-43-45-47-49-51-53-55-57-59-61-63-69(77)74-66(65-81-73-72(80)71(79)70(78)68(64-75)82-73)67(76)62-60-58-56-54-52-50-48-46-44-42-40-38-36-32-30-28-26-24-22-20-18-16-14-12-10-8-6-4-2/h5,7,11,13,17,19,23,25,29,31,34-35,39,41,44-47,51-54,60,62,66-68,70-73,75-76,78-80H,3-4,6,8-10,12,14-16,18,20-22,24,26-28,30,32-33,36-38,40,42-43,48-50,55-59,61,63-65H2,1-2H3,(H,74,77)/b7-5-,13-11-,19-17-,25-23-,31-29-,35-34-,41-39-,46-44+,47-45-,53-51-,54-52+,62-60+. The number of unbranched alkanes of at least 4 members (excludes halogenated alkanes) is 23. The van der Waals surface area contributed by atoms with Gasteiger partial charge in [0.05, 0.1) is 25.4 Å². The number of rotatable bonds is 55. The first-order chi connectivity index (χ1) is 40.3. The number of hydrogen-bond acceptors (Lipinski definition) is 8. The lowest BCUT2D eigenvalue weighted by Gasteiger charge is -2.40. The molecule has 7 unspecified atom stereocenters. The average molecular weight is 1140 g/mol. The second kappa shape index (κ2) is 60.2. The van der Waals surface area contributed by atoms with E-state index in [1.165, 1.54) is 116 Å². The maximum atomic E-state index is 13.1. The van der Waals surface area contributed by atoms with Crippen molar-refractivity contribution in [2.24, 2.45) is 0 Å². The second-order valence-corrected chi connectivity index (χ2v) is 22.2. The molecule has 0 bridgehead atoms. The van der Waals surface area contributed by atoms with Gasteiger partial charge in [-0.3, -0.25) is 4.79 Å². The van der Waals surface area contributed by atoms with Crippen LogP contribution in [0.15, 0.2) is 146 Å². The molecule has 0 aliphatic carbocycles. The minimum Gasteiger partial charge on any atom is -0.394 e. The molecular formula is C73H121NO8. The molecular weight excluding hydrogens is 1020 g/mol. The van der Waals surface area contributed by atoms with Gasteiger partial charge in [-0.25, -0.2) is 0 Å². The van der Waals surface area contributed by atoms with Crippen LogP contribution in [0.5, 0.6) is 0 Å². The van der Waals surface area contributed by atoms with Gasteiger partial charge in [0.2, 0.25) is 5.91 Å². The molecule has 0 aromatic heterocycles. The van der Waals surface area contributed by atoms with Crippen LogP contribution in [0.3, 0.4) is 0 Å². The van der Waals surface area contributed by atoms with E-state index in [2.05, 4.69) is 153 Å². The summed E-state index contributed by atoms with van der Waals surface area (Å²) in [4.78, 5) is 13.1. The quantitative estimate of drug-likeness (QED) is 0.0261. The summed E-state index contributed by atoms with van der Waals surface area (Å²) < 4.78 is 11.3. The Labute approximate surface area is 502 Å². The van der Waals surface area contributed by atoms with E-state index >= 15 is 0 Å². The van der Waals surface area contributed by atoms with E-state index < -0.39 is 49.5 Å². The molecule has 1 aliphatic heterocycles. The fourth-order valence-corrected chi connectivity index (χ4v) is 9.48. The lowest BCUT2D eigenvalue weighted by atomic mass is 9.99. The highest BCUT2D eigenvalue weighted by atomic mass is 16.7. The molecule has 6 N–H and O–H groups in total. The smallest absolute Gasteiger partial charge is 0.220 e. The zero-order valence-corrected chi connectivity index (χ0v) is 51.9. The lowest BCUT2D eigenvalue weighted by molar-refractivity contribution is -0.302. The van der Waals surface area contributed by atoms with Crippen molar-refractivity contribution in [3.8, 4) is 0 Å². The molecule has 9 heteroatoms. The second-order valence-electron chi connectivity index (χ2n) is 22.2. The summed E-state index contributed by atoms with van der Waals surface area (Å²) in [5.74, 6) is -0.227. The zero-order chi connectivity index (χ0) is 59.3. The molecule has 1 heterocycles. The third kappa shape index (κ3) is 48.4. The van der Waals surface area contributed by atoms with Crippen molar-refractivity contribution < 1.29 is 39.8 Å². The summed E-state index contributed by atoms with van der Waals surface area (Å²) in [5.41, 5.74) is 0. The number of aliphatic hydroxyl groups excluding tert-OH is 5. The van der Waals surface area contributed by atoms with Gasteiger partial charge in [-0.1, -0.05) is 275 Å². The molecule has 1 fully saturated rings. The van der Waals surface area contributed by atoms with Crippen LogP contribution in [0.2, 0.25) is 0 Å². The van der Waals surface area contributed by atoms with E-state index in [4.69, 9.17) is 9.47 Å². The van der Waals surface area contributed by atoms with Crippen molar-refractivity contribution in [2.45, 2.75) is 294 Å². The van der Waals surface area contributed by atoms with Crippen LogP contribution in [0, 0.1) is 0 Å². The maximum absolute atomic E-state index is 13.1. The van der Waals surface area contributed by atoms with Gasteiger partial charge in [-0.05, 0) is 116 Å². The summed E-state index contributed by atoms with van der Waals surface area (Å²) in [6.45, 7) is 3.63. The Bertz CT molecular complexity index is 1800. The first-order valence-electron chi connectivity index (χ1n) is 33.1.